The van der Waals surface area contributed by atoms with E-state index in [1.165, 1.54) is 6.42 Å². The third-order valence-electron chi connectivity index (χ3n) is 6.31. The van der Waals surface area contributed by atoms with Crippen molar-refractivity contribution < 1.29 is 17.9 Å². The smallest absolute Gasteiger partial charge is 0.410 e. The summed E-state index contributed by atoms with van der Waals surface area (Å²) in [4.78, 5) is 18.6. The standard InChI is InChI=1S/C13H24N2O3S.C8H16N2OS/c1-13(2,3)18-12(16)15-5-4-11(10-15)14-6-8-19(17)9-7-14;11-12-5-3-10(4-6-12)8-1-2-9-7-8/h11H,4-10H2,1-3H3;8-9H,1-7H2. The summed E-state index contributed by atoms with van der Waals surface area (Å²) in [6.45, 7) is 13.3. The van der Waals surface area contributed by atoms with Crippen LogP contribution in [0.1, 0.15) is 33.6 Å². The number of nitrogens with zero attached hydrogens (tertiary/aromatic N) is 3. The number of nitrogens with one attached hydrogen (secondary N) is 1. The molecule has 0 aromatic heterocycles. The summed E-state index contributed by atoms with van der Waals surface area (Å²) < 4.78 is 27.8. The number of hydrogen-bond acceptors (Lipinski definition) is 7. The summed E-state index contributed by atoms with van der Waals surface area (Å²) in [5, 5.41) is 3.36. The Balaban J connectivity index is 0.000000194. The maximum absolute atomic E-state index is 12.0. The third kappa shape index (κ3) is 8.07. The molecule has 0 aromatic carbocycles. The fourth-order valence-corrected chi connectivity index (χ4v) is 6.68. The number of rotatable bonds is 2. The van der Waals surface area contributed by atoms with E-state index in [2.05, 4.69) is 15.1 Å². The van der Waals surface area contributed by atoms with Crippen molar-refractivity contribution >= 4 is 27.7 Å². The molecule has 4 aliphatic rings. The highest BCUT2D eigenvalue weighted by atomic mass is 32.2. The molecule has 4 rings (SSSR count). The first-order valence-electron chi connectivity index (χ1n) is 11.6. The lowest BCUT2D eigenvalue weighted by molar-refractivity contribution is 0.0280. The molecule has 4 heterocycles. The molecule has 4 aliphatic heterocycles. The first-order chi connectivity index (χ1) is 14.7. The quantitative estimate of drug-likeness (QED) is 0.621. The molecule has 1 amide bonds. The van der Waals surface area contributed by atoms with Crippen LogP contribution in [0.2, 0.25) is 0 Å². The summed E-state index contributed by atoms with van der Waals surface area (Å²) in [5.74, 6) is 3.30. The molecule has 0 aliphatic carbocycles. The topological polar surface area (TPSA) is 82.2 Å². The predicted octanol–water partition coefficient (Wildman–Crippen LogP) is 0.473. The molecule has 4 saturated heterocycles. The summed E-state index contributed by atoms with van der Waals surface area (Å²) in [6, 6.07) is 1.13. The van der Waals surface area contributed by atoms with Crippen LogP contribution in [-0.4, -0.2) is 122 Å². The van der Waals surface area contributed by atoms with Gasteiger partial charge in [0.15, 0.2) is 0 Å². The molecule has 0 spiro atoms. The van der Waals surface area contributed by atoms with Gasteiger partial charge in [-0.25, -0.2) is 4.79 Å². The van der Waals surface area contributed by atoms with E-state index >= 15 is 0 Å². The maximum Gasteiger partial charge on any atom is 0.410 e. The summed E-state index contributed by atoms with van der Waals surface area (Å²) in [5.41, 5.74) is -0.433. The van der Waals surface area contributed by atoms with Gasteiger partial charge in [-0.1, -0.05) is 0 Å². The highest BCUT2D eigenvalue weighted by Crippen LogP contribution is 2.20. The Labute approximate surface area is 192 Å². The highest BCUT2D eigenvalue weighted by Gasteiger charge is 2.33. The lowest BCUT2D eigenvalue weighted by Gasteiger charge is -2.32. The molecule has 2 unspecified atom stereocenters. The molecule has 0 aromatic rings. The monoisotopic (exact) mass is 476 g/mol. The molecule has 31 heavy (non-hydrogen) atoms. The van der Waals surface area contributed by atoms with Crippen molar-refractivity contribution in [2.75, 3.05) is 75.4 Å². The molecule has 8 nitrogen and oxygen atoms in total. The van der Waals surface area contributed by atoms with E-state index in [1.807, 2.05) is 20.8 Å². The molecular weight excluding hydrogens is 436 g/mol. The van der Waals surface area contributed by atoms with Crippen LogP contribution in [0.15, 0.2) is 0 Å². The number of likely N-dealkylation sites (tertiary alicyclic amines) is 1. The van der Waals surface area contributed by atoms with Crippen LogP contribution in [-0.2, 0) is 26.3 Å². The number of ether oxygens (including phenoxy) is 1. The molecular formula is C21H40N4O4S2. The number of carbonyl (C=O) groups excluding carboxylic acids is 1. The van der Waals surface area contributed by atoms with Gasteiger partial charge in [0.1, 0.15) is 5.60 Å². The number of carbonyl (C=O) groups is 1. The Morgan fingerprint density at radius 2 is 1.42 bits per heavy atom. The van der Waals surface area contributed by atoms with Gasteiger partial charge in [-0.05, 0) is 40.2 Å². The van der Waals surface area contributed by atoms with Crippen LogP contribution in [0.5, 0.6) is 0 Å². The zero-order valence-electron chi connectivity index (χ0n) is 19.3. The summed E-state index contributed by atoms with van der Waals surface area (Å²) in [6.07, 6.45) is 2.05. The van der Waals surface area contributed by atoms with Gasteiger partial charge in [-0.3, -0.25) is 18.2 Å². The average molecular weight is 477 g/mol. The van der Waals surface area contributed by atoms with Crippen molar-refractivity contribution in [2.24, 2.45) is 0 Å². The summed E-state index contributed by atoms with van der Waals surface area (Å²) in [7, 11) is -1.16. The Morgan fingerprint density at radius 3 is 1.90 bits per heavy atom. The fraction of sp³-hybridized carbons (Fsp3) is 0.952. The van der Waals surface area contributed by atoms with Crippen LogP contribution < -0.4 is 5.32 Å². The van der Waals surface area contributed by atoms with Gasteiger partial charge >= 0.3 is 6.09 Å². The lowest BCUT2D eigenvalue weighted by atomic mass is 10.2. The van der Waals surface area contributed by atoms with Crippen LogP contribution in [0.4, 0.5) is 4.79 Å². The molecule has 0 bridgehead atoms. The van der Waals surface area contributed by atoms with E-state index in [4.69, 9.17) is 4.74 Å². The molecule has 0 saturated carbocycles. The van der Waals surface area contributed by atoms with E-state index in [1.54, 1.807) is 4.90 Å². The van der Waals surface area contributed by atoms with Gasteiger partial charge in [-0.15, -0.1) is 0 Å². The van der Waals surface area contributed by atoms with E-state index in [0.29, 0.717) is 6.04 Å². The van der Waals surface area contributed by atoms with Gasteiger partial charge < -0.3 is 15.0 Å². The second-order valence-corrected chi connectivity index (χ2v) is 13.2. The third-order valence-corrected chi connectivity index (χ3v) is 8.86. The van der Waals surface area contributed by atoms with Gasteiger partial charge in [0.25, 0.3) is 0 Å². The molecule has 2 atom stereocenters. The average Bonchev–Trinajstić information content (AvgIpc) is 3.41. The van der Waals surface area contributed by atoms with Crippen molar-refractivity contribution in [2.45, 2.75) is 51.3 Å². The molecule has 0 radical (unpaired) electrons. The van der Waals surface area contributed by atoms with Crippen molar-refractivity contribution in [3.05, 3.63) is 0 Å². The zero-order chi connectivity index (χ0) is 22.4. The van der Waals surface area contributed by atoms with Crippen molar-refractivity contribution in [1.29, 1.82) is 0 Å². The first-order valence-corrected chi connectivity index (χ1v) is 14.6. The van der Waals surface area contributed by atoms with Crippen LogP contribution in [0.25, 0.3) is 0 Å². The van der Waals surface area contributed by atoms with Crippen LogP contribution >= 0.6 is 0 Å². The second kappa shape index (κ2) is 11.5. The van der Waals surface area contributed by atoms with Crippen molar-refractivity contribution in [3.63, 3.8) is 0 Å². The maximum atomic E-state index is 12.0. The van der Waals surface area contributed by atoms with Crippen LogP contribution in [0.3, 0.4) is 0 Å². The second-order valence-electron chi connectivity index (χ2n) is 9.78. The Kier molecular flexibility index (Phi) is 9.34. The number of amides is 1. The lowest BCUT2D eigenvalue weighted by Crippen LogP contribution is -2.46. The van der Waals surface area contributed by atoms with Gasteiger partial charge in [0.05, 0.1) is 0 Å². The van der Waals surface area contributed by atoms with E-state index in [9.17, 15) is 13.2 Å². The minimum atomic E-state index is -0.639. The zero-order valence-corrected chi connectivity index (χ0v) is 21.0. The van der Waals surface area contributed by atoms with Gasteiger partial charge in [-0.2, -0.15) is 0 Å². The van der Waals surface area contributed by atoms with Gasteiger partial charge in [0, 0.05) is 103 Å². The summed E-state index contributed by atoms with van der Waals surface area (Å²) >= 11 is 0. The van der Waals surface area contributed by atoms with E-state index < -0.39 is 27.2 Å². The van der Waals surface area contributed by atoms with E-state index in [-0.39, 0.29) is 6.09 Å². The van der Waals surface area contributed by atoms with Crippen molar-refractivity contribution in [1.82, 2.24) is 20.0 Å². The SMILES string of the molecule is CC(C)(C)OC(=O)N1CCC(N2CCS(=O)CC2)C1.O=S1CCN(C2CCNC2)CC1. The Bertz CT molecular complexity index is 632. The highest BCUT2D eigenvalue weighted by molar-refractivity contribution is 7.85. The predicted molar refractivity (Wildman–Crippen MR) is 126 cm³/mol. The van der Waals surface area contributed by atoms with Crippen LogP contribution in [0, 0.1) is 0 Å². The van der Waals surface area contributed by atoms with Gasteiger partial charge in [0.2, 0.25) is 0 Å². The van der Waals surface area contributed by atoms with Crippen molar-refractivity contribution in [3.8, 4) is 0 Å². The minimum absolute atomic E-state index is 0.212. The Morgan fingerprint density at radius 1 is 0.871 bits per heavy atom. The number of hydrogen-bond donors (Lipinski definition) is 1. The molecule has 10 heteroatoms. The molecule has 4 fully saturated rings. The largest absolute Gasteiger partial charge is 0.444 e. The molecule has 1 N–H and O–H groups in total. The molecule has 180 valence electrons. The minimum Gasteiger partial charge on any atom is -0.444 e. The first kappa shape index (κ1) is 25.1. The van der Waals surface area contributed by atoms with E-state index in [0.717, 1.165) is 87.8 Å². The fourth-order valence-electron chi connectivity index (χ4n) is 4.52. The normalized spacial score (nSPS) is 29.6. The Hall–Kier alpha value is -0.550.